The molecule has 1 rings (SSSR count). The summed E-state index contributed by atoms with van der Waals surface area (Å²) in [6.45, 7) is 8.61. The first-order chi connectivity index (χ1) is 6.29. The fourth-order valence-corrected chi connectivity index (χ4v) is 3.13. The normalized spacial score (nSPS) is 14.4. The zero-order valence-corrected chi connectivity index (χ0v) is 11.4. The zero-order valence-electron chi connectivity index (χ0n) is 9.03. The lowest BCUT2D eigenvalue weighted by Gasteiger charge is -2.20. The molecule has 80 valence electrons. The van der Waals surface area contributed by atoms with Gasteiger partial charge in [-0.3, -0.25) is 0 Å². The molecule has 0 nitrogen and oxygen atoms in total. The van der Waals surface area contributed by atoms with E-state index >= 15 is 0 Å². The largest absolute Gasteiger partial charge is 0.127 e. The minimum absolute atomic E-state index is 0.0891. The van der Waals surface area contributed by atoms with Crippen molar-refractivity contribution in [3.63, 3.8) is 0 Å². The van der Waals surface area contributed by atoms with Gasteiger partial charge in [-0.15, -0.1) is 22.9 Å². The Morgan fingerprint density at radius 3 is 2.36 bits per heavy atom. The van der Waals surface area contributed by atoms with Gasteiger partial charge in [0.25, 0.3) is 0 Å². The van der Waals surface area contributed by atoms with Crippen molar-refractivity contribution in [3.8, 4) is 0 Å². The van der Waals surface area contributed by atoms with Crippen LogP contribution in [-0.4, -0.2) is 0 Å². The van der Waals surface area contributed by atoms with E-state index < -0.39 is 0 Å². The van der Waals surface area contributed by atoms with Gasteiger partial charge in [-0.25, -0.2) is 0 Å². The number of hydrogen-bond acceptors (Lipinski definition) is 1. The molecule has 0 bridgehead atoms. The van der Waals surface area contributed by atoms with E-state index in [-0.39, 0.29) is 10.8 Å². The zero-order chi connectivity index (χ0) is 10.9. The number of hydrogen-bond donors (Lipinski definition) is 0. The molecule has 0 saturated carbocycles. The Bertz CT molecular complexity index is 290. The van der Waals surface area contributed by atoms with Gasteiger partial charge < -0.3 is 0 Å². The number of rotatable bonds is 2. The van der Waals surface area contributed by atoms with Gasteiger partial charge in [-0.1, -0.05) is 32.4 Å². The van der Waals surface area contributed by atoms with Crippen LogP contribution >= 0.6 is 34.5 Å². The molecule has 0 saturated heterocycles. The molecule has 0 N–H and O–H groups in total. The SMILES string of the molecule is Cc1cc(C(Cl)CC(C)(C)C)sc1Cl. The summed E-state index contributed by atoms with van der Waals surface area (Å²) < 4.78 is 0.861. The van der Waals surface area contributed by atoms with E-state index in [0.29, 0.717) is 0 Å². The molecular weight excluding hydrogens is 235 g/mol. The summed E-state index contributed by atoms with van der Waals surface area (Å²) in [7, 11) is 0. The van der Waals surface area contributed by atoms with Crippen LogP contribution in [0.4, 0.5) is 0 Å². The first kappa shape index (κ1) is 12.4. The maximum Gasteiger partial charge on any atom is 0.0960 e. The molecule has 1 aromatic rings. The van der Waals surface area contributed by atoms with Crippen LogP contribution in [0, 0.1) is 12.3 Å². The molecule has 0 spiro atoms. The highest BCUT2D eigenvalue weighted by atomic mass is 35.5. The van der Waals surface area contributed by atoms with E-state index in [0.717, 1.165) is 16.3 Å². The second-order valence-electron chi connectivity index (χ2n) is 4.84. The Kier molecular flexibility index (Phi) is 3.90. The number of aryl methyl sites for hydroxylation is 1. The summed E-state index contributed by atoms with van der Waals surface area (Å²) in [6.07, 6.45) is 0.977. The minimum Gasteiger partial charge on any atom is -0.127 e. The molecule has 1 unspecified atom stereocenters. The topological polar surface area (TPSA) is 0 Å². The van der Waals surface area contributed by atoms with E-state index in [1.54, 1.807) is 11.3 Å². The van der Waals surface area contributed by atoms with Crippen molar-refractivity contribution >= 4 is 34.5 Å². The van der Waals surface area contributed by atoms with Crippen LogP contribution < -0.4 is 0 Å². The average Bonchev–Trinajstić information content (AvgIpc) is 2.28. The third kappa shape index (κ3) is 3.45. The van der Waals surface area contributed by atoms with Gasteiger partial charge >= 0.3 is 0 Å². The van der Waals surface area contributed by atoms with Crippen LogP contribution in [0.3, 0.4) is 0 Å². The Morgan fingerprint density at radius 2 is 2.00 bits per heavy atom. The average molecular weight is 251 g/mol. The van der Waals surface area contributed by atoms with Crippen LogP contribution in [0.25, 0.3) is 0 Å². The van der Waals surface area contributed by atoms with Gasteiger partial charge in [0.1, 0.15) is 0 Å². The lowest BCUT2D eigenvalue weighted by atomic mass is 9.90. The molecule has 0 amide bonds. The van der Waals surface area contributed by atoms with Gasteiger partial charge in [-0.2, -0.15) is 0 Å². The predicted molar refractivity (Wildman–Crippen MR) is 66.7 cm³/mol. The van der Waals surface area contributed by atoms with Crippen LogP contribution in [0.2, 0.25) is 4.34 Å². The van der Waals surface area contributed by atoms with Gasteiger partial charge in [0.2, 0.25) is 0 Å². The van der Waals surface area contributed by atoms with Crippen LogP contribution in [-0.2, 0) is 0 Å². The lowest BCUT2D eigenvalue weighted by molar-refractivity contribution is 0.374. The fourth-order valence-electron chi connectivity index (χ4n) is 1.28. The molecule has 0 aliphatic rings. The standard InChI is InChI=1S/C11H16Cl2S/c1-7-5-9(14-10(7)13)8(12)6-11(2,3)4/h5,8H,6H2,1-4H3. The fraction of sp³-hybridized carbons (Fsp3) is 0.636. The maximum atomic E-state index is 6.33. The predicted octanol–water partition coefficient (Wildman–Crippen LogP) is 5.43. The third-order valence-electron chi connectivity index (χ3n) is 1.98. The molecular formula is C11H16Cl2S. The van der Waals surface area contributed by atoms with Gasteiger partial charge in [0.05, 0.1) is 9.71 Å². The molecule has 0 radical (unpaired) electrons. The van der Waals surface area contributed by atoms with Crippen LogP contribution in [0.15, 0.2) is 6.07 Å². The van der Waals surface area contributed by atoms with Crippen molar-refractivity contribution in [2.24, 2.45) is 5.41 Å². The van der Waals surface area contributed by atoms with Gasteiger partial charge in [0.15, 0.2) is 0 Å². The minimum atomic E-state index is 0.0891. The number of thiophene rings is 1. The van der Waals surface area contributed by atoms with Crippen LogP contribution in [0.5, 0.6) is 0 Å². The van der Waals surface area contributed by atoms with E-state index in [1.165, 1.54) is 4.88 Å². The molecule has 14 heavy (non-hydrogen) atoms. The molecule has 1 atom stereocenters. The van der Waals surface area contributed by atoms with Gasteiger partial charge in [-0.05, 0) is 30.4 Å². The molecule has 1 heterocycles. The number of halogens is 2. The quantitative estimate of drug-likeness (QED) is 0.615. The molecule has 0 aliphatic heterocycles. The maximum absolute atomic E-state index is 6.33. The smallest absolute Gasteiger partial charge is 0.0960 e. The van der Waals surface area contributed by atoms with Crippen molar-refractivity contribution in [1.29, 1.82) is 0 Å². The third-order valence-corrected chi connectivity index (χ3v) is 4.16. The summed E-state index contributed by atoms with van der Waals surface area (Å²) in [5, 5.41) is 0.0891. The van der Waals surface area contributed by atoms with Crippen molar-refractivity contribution in [1.82, 2.24) is 0 Å². The van der Waals surface area contributed by atoms with Gasteiger partial charge in [0, 0.05) is 4.88 Å². The van der Waals surface area contributed by atoms with E-state index in [4.69, 9.17) is 23.2 Å². The second kappa shape index (κ2) is 4.42. The highest BCUT2D eigenvalue weighted by molar-refractivity contribution is 7.16. The Morgan fingerprint density at radius 1 is 1.43 bits per heavy atom. The van der Waals surface area contributed by atoms with E-state index in [1.807, 2.05) is 6.92 Å². The molecule has 1 aromatic heterocycles. The molecule has 0 aromatic carbocycles. The lowest BCUT2D eigenvalue weighted by Crippen LogP contribution is -2.07. The Balaban J connectivity index is 2.75. The molecule has 0 aliphatic carbocycles. The monoisotopic (exact) mass is 250 g/mol. The van der Waals surface area contributed by atoms with Crippen molar-refractivity contribution in [2.45, 2.75) is 39.5 Å². The second-order valence-corrected chi connectivity index (χ2v) is 7.05. The molecule has 3 heteroatoms. The summed E-state index contributed by atoms with van der Waals surface area (Å²) in [5.74, 6) is 0. The first-order valence-electron chi connectivity index (χ1n) is 4.69. The number of alkyl halides is 1. The van der Waals surface area contributed by atoms with E-state index in [9.17, 15) is 0 Å². The summed E-state index contributed by atoms with van der Waals surface area (Å²) in [5.41, 5.74) is 1.39. The highest BCUT2D eigenvalue weighted by Gasteiger charge is 2.20. The highest BCUT2D eigenvalue weighted by Crippen LogP contribution is 2.39. The van der Waals surface area contributed by atoms with Crippen LogP contribution in [0.1, 0.15) is 43.0 Å². The summed E-state index contributed by atoms with van der Waals surface area (Å²) in [6, 6.07) is 2.09. The first-order valence-corrected chi connectivity index (χ1v) is 6.32. The Labute approximate surface area is 100 Å². The van der Waals surface area contributed by atoms with Crippen molar-refractivity contribution < 1.29 is 0 Å². The Hall–Kier alpha value is 0.280. The van der Waals surface area contributed by atoms with E-state index in [2.05, 4.69) is 26.8 Å². The summed E-state index contributed by atoms with van der Waals surface area (Å²) in [4.78, 5) is 1.18. The van der Waals surface area contributed by atoms with Crippen molar-refractivity contribution in [2.75, 3.05) is 0 Å². The summed E-state index contributed by atoms with van der Waals surface area (Å²) >= 11 is 13.9. The van der Waals surface area contributed by atoms with Crippen molar-refractivity contribution in [3.05, 3.63) is 20.8 Å². The molecule has 0 fully saturated rings.